The van der Waals surface area contributed by atoms with E-state index in [2.05, 4.69) is 0 Å². The minimum atomic E-state index is -0.558. The molecule has 0 aliphatic carbocycles. The number of aromatic hydroxyl groups is 1. The van der Waals surface area contributed by atoms with Crippen LogP contribution in [0.5, 0.6) is 5.75 Å². The minimum absolute atomic E-state index is 0.148. The van der Waals surface area contributed by atoms with Crippen LogP contribution in [-0.2, 0) is 0 Å². The van der Waals surface area contributed by atoms with Gasteiger partial charge in [0.2, 0.25) is 0 Å². The normalized spacial score (nSPS) is 12.4. The van der Waals surface area contributed by atoms with Crippen molar-refractivity contribution >= 4 is 5.69 Å². The van der Waals surface area contributed by atoms with Crippen LogP contribution in [0, 0.1) is 10.1 Å². The molecule has 0 spiro atoms. The summed E-state index contributed by atoms with van der Waals surface area (Å²) in [5, 5.41) is 20.3. The molecule has 4 nitrogen and oxygen atoms in total. The number of para-hydroxylation sites is 1. The van der Waals surface area contributed by atoms with Gasteiger partial charge in [-0.05, 0) is 12.3 Å². The Kier molecular flexibility index (Phi) is 3.66. The summed E-state index contributed by atoms with van der Waals surface area (Å²) in [5.74, 6) is -0.0432. The van der Waals surface area contributed by atoms with Gasteiger partial charge in [-0.2, -0.15) is 0 Å². The Morgan fingerprint density at radius 3 is 2.73 bits per heavy atom. The van der Waals surface area contributed by atoms with E-state index in [1.807, 2.05) is 13.8 Å². The van der Waals surface area contributed by atoms with Gasteiger partial charge >= 0.3 is 5.69 Å². The first-order valence-corrected chi connectivity index (χ1v) is 5.04. The summed E-state index contributed by atoms with van der Waals surface area (Å²) in [4.78, 5) is 10.0. The standard InChI is InChI=1S/C11H15NO3/c1-3-5-8(2)9-6-4-7-10(11(9)13)12(14)15/h4,6-8,13H,3,5H2,1-2H3. The fraction of sp³-hybridized carbons (Fsp3) is 0.455. The number of benzene rings is 1. The fourth-order valence-electron chi connectivity index (χ4n) is 1.68. The summed E-state index contributed by atoms with van der Waals surface area (Å²) in [6.45, 7) is 4.01. The quantitative estimate of drug-likeness (QED) is 0.611. The van der Waals surface area contributed by atoms with Crippen molar-refractivity contribution in [2.75, 3.05) is 0 Å². The third-order valence-corrected chi connectivity index (χ3v) is 2.50. The number of phenolic OH excluding ortho intramolecular Hbond substituents is 1. The van der Waals surface area contributed by atoms with Crippen LogP contribution >= 0.6 is 0 Å². The van der Waals surface area contributed by atoms with Crippen LogP contribution in [0.25, 0.3) is 0 Å². The van der Waals surface area contributed by atoms with Gasteiger partial charge in [0, 0.05) is 11.6 Å². The lowest BCUT2D eigenvalue weighted by Crippen LogP contribution is -1.96. The summed E-state index contributed by atoms with van der Waals surface area (Å²) in [6, 6.07) is 4.67. The zero-order valence-corrected chi connectivity index (χ0v) is 8.93. The molecule has 0 radical (unpaired) electrons. The average molecular weight is 209 g/mol. The molecule has 0 bridgehead atoms. The van der Waals surface area contributed by atoms with Crippen LogP contribution in [0.15, 0.2) is 18.2 Å². The summed E-state index contributed by atoms with van der Waals surface area (Å²) in [7, 11) is 0. The maximum absolute atomic E-state index is 10.6. The molecule has 1 aromatic rings. The van der Waals surface area contributed by atoms with E-state index in [1.165, 1.54) is 6.07 Å². The number of nitrogens with zero attached hydrogens (tertiary/aromatic N) is 1. The number of hydrogen-bond acceptors (Lipinski definition) is 3. The van der Waals surface area contributed by atoms with E-state index in [0.29, 0.717) is 5.56 Å². The molecule has 0 aromatic heterocycles. The predicted molar refractivity (Wildman–Crippen MR) is 58.1 cm³/mol. The van der Waals surface area contributed by atoms with Gasteiger partial charge in [0.1, 0.15) is 0 Å². The molecule has 82 valence electrons. The largest absolute Gasteiger partial charge is 0.502 e. The van der Waals surface area contributed by atoms with E-state index in [4.69, 9.17) is 0 Å². The van der Waals surface area contributed by atoms with Gasteiger partial charge < -0.3 is 5.11 Å². The van der Waals surface area contributed by atoms with Gasteiger partial charge in [0.05, 0.1) is 4.92 Å². The lowest BCUT2D eigenvalue weighted by atomic mass is 9.95. The molecular formula is C11H15NO3. The Morgan fingerprint density at radius 1 is 1.53 bits per heavy atom. The molecule has 0 heterocycles. The van der Waals surface area contributed by atoms with Crippen LogP contribution in [0.1, 0.15) is 38.2 Å². The third kappa shape index (κ3) is 2.46. The Labute approximate surface area is 88.7 Å². The molecule has 4 heteroatoms. The molecule has 0 aliphatic heterocycles. The molecule has 0 saturated carbocycles. The van der Waals surface area contributed by atoms with Crippen molar-refractivity contribution in [3.8, 4) is 5.75 Å². The Balaban J connectivity index is 3.09. The average Bonchev–Trinajstić information content (AvgIpc) is 2.17. The second-order valence-corrected chi connectivity index (χ2v) is 3.66. The highest BCUT2D eigenvalue weighted by Crippen LogP contribution is 2.35. The topological polar surface area (TPSA) is 63.4 Å². The van der Waals surface area contributed by atoms with E-state index in [1.54, 1.807) is 12.1 Å². The van der Waals surface area contributed by atoms with Crippen LogP contribution < -0.4 is 0 Å². The minimum Gasteiger partial charge on any atom is -0.502 e. The molecule has 1 rings (SSSR count). The monoisotopic (exact) mass is 209 g/mol. The highest BCUT2D eigenvalue weighted by molar-refractivity contribution is 5.51. The summed E-state index contributed by atoms with van der Waals surface area (Å²) in [5.41, 5.74) is 0.446. The Hall–Kier alpha value is -1.58. The second-order valence-electron chi connectivity index (χ2n) is 3.66. The number of rotatable bonds is 4. The third-order valence-electron chi connectivity index (χ3n) is 2.50. The van der Waals surface area contributed by atoms with Gasteiger partial charge in [-0.1, -0.05) is 32.4 Å². The molecule has 1 aromatic carbocycles. The smallest absolute Gasteiger partial charge is 0.310 e. The van der Waals surface area contributed by atoms with E-state index in [0.717, 1.165) is 12.8 Å². The summed E-state index contributed by atoms with van der Waals surface area (Å²) < 4.78 is 0. The lowest BCUT2D eigenvalue weighted by molar-refractivity contribution is -0.385. The highest BCUT2D eigenvalue weighted by Gasteiger charge is 2.19. The van der Waals surface area contributed by atoms with Crippen molar-refractivity contribution in [2.45, 2.75) is 32.6 Å². The first-order valence-electron chi connectivity index (χ1n) is 5.04. The van der Waals surface area contributed by atoms with Crippen molar-refractivity contribution < 1.29 is 10.0 Å². The van der Waals surface area contributed by atoms with Crippen LogP contribution in [0.3, 0.4) is 0 Å². The Morgan fingerprint density at radius 2 is 2.20 bits per heavy atom. The predicted octanol–water partition coefficient (Wildman–Crippen LogP) is 3.20. The SMILES string of the molecule is CCCC(C)c1cccc([N+](=O)[O-])c1O. The fourth-order valence-corrected chi connectivity index (χ4v) is 1.68. The summed E-state index contributed by atoms with van der Waals surface area (Å²) >= 11 is 0. The van der Waals surface area contributed by atoms with Crippen molar-refractivity contribution in [2.24, 2.45) is 0 Å². The van der Waals surface area contributed by atoms with E-state index in [9.17, 15) is 15.2 Å². The first kappa shape index (κ1) is 11.5. The van der Waals surface area contributed by atoms with Gasteiger partial charge in [-0.15, -0.1) is 0 Å². The maximum Gasteiger partial charge on any atom is 0.310 e. The van der Waals surface area contributed by atoms with Crippen LogP contribution in [0.4, 0.5) is 5.69 Å². The van der Waals surface area contributed by atoms with Crippen molar-refractivity contribution in [3.05, 3.63) is 33.9 Å². The first-order chi connectivity index (χ1) is 7.07. The molecule has 0 amide bonds. The lowest BCUT2D eigenvalue weighted by Gasteiger charge is -2.11. The molecule has 1 N–H and O–H groups in total. The maximum atomic E-state index is 10.6. The highest BCUT2D eigenvalue weighted by atomic mass is 16.6. The van der Waals surface area contributed by atoms with Gasteiger partial charge in [0.15, 0.2) is 5.75 Å². The molecule has 1 unspecified atom stereocenters. The van der Waals surface area contributed by atoms with Crippen molar-refractivity contribution in [1.29, 1.82) is 0 Å². The van der Waals surface area contributed by atoms with Crippen molar-refractivity contribution in [3.63, 3.8) is 0 Å². The molecule has 15 heavy (non-hydrogen) atoms. The number of hydrogen-bond donors (Lipinski definition) is 1. The van der Waals surface area contributed by atoms with E-state index in [-0.39, 0.29) is 17.4 Å². The number of phenols is 1. The van der Waals surface area contributed by atoms with E-state index < -0.39 is 4.92 Å². The zero-order chi connectivity index (χ0) is 11.4. The number of nitro groups is 1. The van der Waals surface area contributed by atoms with Gasteiger partial charge in [0.25, 0.3) is 0 Å². The second kappa shape index (κ2) is 4.77. The van der Waals surface area contributed by atoms with Gasteiger partial charge in [-0.25, -0.2) is 0 Å². The zero-order valence-electron chi connectivity index (χ0n) is 8.93. The Bertz CT molecular complexity index is 363. The summed E-state index contributed by atoms with van der Waals surface area (Å²) in [6.07, 6.45) is 1.90. The van der Waals surface area contributed by atoms with Crippen molar-refractivity contribution in [1.82, 2.24) is 0 Å². The molecule has 1 atom stereocenters. The van der Waals surface area contributed by atoms with Gasteiger partial charge in [-0.3, -0.25) is 10.1 Å². The molecular weight excluding hydrogens is 194 g/mol. The van der Waals surface area contributed by atoms with Crippen LogP contribution in [0.2, 0.25) is 0 Å². The van der Waals surface area contributed by atoms with E-state index >= 15 is 0 Å². The molecule has 0 aliphatic rings. The number of nitro benzene ring substituents is 1. The molecule has 0 saturated heterocycles. The molecule has 0 fully saturated rings. The van der Waals surface area contributed by atoms with Crippen LogP contribution in [-0.4, -0.2) is 10.0 Å².